The molecule has 23 heavy (non-hydrogen) atoms. The van der Waals surface area contributed by atoms with Gasteiger partial charge in [-0.25, -0.2) is 0 Å². The molecule has 0 fully saturated rings. The van der Waals surface area contributed by atoms with Crippen LogP contribution in [0.2, 0.25) is 0 Å². The van der Waals surface area contributed by atoms with Crippen molar-refractivity contribution in [2.24, 2.45) is 5.41 Å². The predicted octanol–water partition coefficient (Wildman–Crippen LogP) is 5.64. The molecule has 130 valence electrons. The van der Waals surface area contributed by atoms with E-state index in [0.29, 0.717) is 11.9 Å². The van der Waals surface area contributed by atoms with Crippen LogP contribution in [0.1, 0.15) is 77.0 Å². The summed E-state index contributed by atoms with van der Waals surface area (Å²) in [7, 11) is 0. The summed E-state index contributed by atoms with van der Waals surface area (Å²) in [6.45, 7) is 13.7. The maximum absolute atomic E-state index is 10.5. The molecular formula is C21H34O2. The minimum Gasteiger partial charge on any atom is -0.462 e. The Balaban J connectivity index is 2.57. The Bertz CT molecular complexity index is 495. The Hall–Kier alpha value is -1.31. The van der Waals surface area contributed by atoms with Crippen molar-refractivity contribution >= 4 is 6.47 Å². The third-order valence-corrected chi connectivity index (χ3v) is 4.52. The van der Waals surface area contributed by atoms with Gasteiger partial charge in [-0.1, -0.05) is 39.0 Å². The van der Waals surface area contributed by atoms with Crippen LogP contribution >= 0.6 is 0 Å². The van der Waals surface area contributed by atoms with Crippen LogP contribution < -0.4 is 0 Å². The van der Waals surface area contributed by atoms with Gasteiger partial charge in [0.1, 0.15) is 5.60 Å². The summed E-state index contributed by atoms with van der Waals surface area (Å²) < 4.78 is 5.13. The summed E-state index contributed by atoms with van der Waals surface area (Å²) in [4.78, 5) is 10.5. The highest BCUT2D eigenvalue weighted by Gasteiger charge is 2.18. The van der Waals surface area contributed by atoms with Crippen LogP contribution in [0.25, 0.3) is 0 Å². The summed E-state index contributed by atoms with van der Waals surface area (Å²) in [6.07, 6.45) is 6.63. The smallest absolute Gasteiger partial charge is 0.293 e. The number of carbonyl (C=O) groups is 1. The summed E-state index contributed by atoms with van der Waals surface area (Å²) in [6, 6.07) is 6.68. The molecule has 0 unspecified atom stereocenters. The quantitative estimate of drug-likeness (QED) is 0.551. The van der Waals surface area contributed by atoms with E-state index in [0.717, 1.165) is 25.7 Å². The van der Waals surface area contributed by atoms with E-state index in [4.69, 9.17) is 4.74 Å². The monoisotopic (exact) mass is 318 g/mol. The molecule has 0 saturated heterocycles. The minimum absolute atomic E-state index is 0.361. The third-order valence-electron chi connectivity index (χ3n) is 4.52. The maximum atomic E-state index is 10.5. The first-order chi connectivity index (χ1) is 10.6. The molecule has 0 amide bonds. The summed E-state index contributed by atoms with van der Waals surface area (Å²) in [5, 5.41) is 0. The molecule has 0 spiro atoms. The first-order valence-corrected chi connectivity index (χ1v) is 8.83. The Morgan fingerprint density at radius 1 is 0.957 bits per heavy atom. The molecule has 0 saturated carbocycles. The maximum Gasteiger partial charge on any atom is 0.293 e. The van der Waals surface area contributed by atoms with E-state index in [1.165, 1.54) is 29.5 Å². The van der Waals surface area contributed by atoms with Crippen LogP contribution in [0.3, 0.4) is 0 Å². The van der Waals surface area contributed by atoms with E-state index in [-0.39, 0.29) is 5.60 Å². The molecule has 0 aliphatic heterocycles. The lowest BCUT2D eigenvalue weighted by Gasteiger charge is -2.22. The van der Waals surface area contributed by atoms with Gasteiger partial charge in [-0.2, -0.15) is 0 Å². The Labute approximate surface area is 142 Å². The number of ether oxygens (including phenoxy) is 1. The first kappa shape index (κ1) is 19.7. The minimum atomic E-state index is -0.361. The lowest BCUT2D eigenvalue weighted by atomic mass is 9.87. The Kier molecular flexibility index (Phi) is 7.31. The van der Waals surface area contributed by atoms with Gasteiger partial charge in [0.2, 0.25) is 0 Å². The largest absolute Gasteiger partial charge is 0.462 e. The van der Waals surface area contributed by atoms with E-state index in [2.05, 4.69) is 45.9 Å². The molecule has 1 aromatic rings. The lowest BCUT2D eigenvalue weighted by Crippen LogP contribution is -2.23. The second-order valence-corrected chi connectivity index (χ2v) is 8.44. The van der Waals surface area contributed by atoms with Crippen LogP contribution in [0.15, 0.2) is 18.2 Å². The van der Waals surface area contributed by atoms with Gasteiger partial charge >= 0.3 is 0 Å². The topological polar surface area (TPSA) is 26.3 Å². The molecule has 0 atom stereocenters. The number of benzene rings is 1. The zero-order valence-electron chi connectivity index (χ0n) is 15.9. The van der Waals surface area contributed by atoms with Crippen molar-refractivity contribution in [3.05, 3.63) is 34.9 Å². The highest BCUT2D eigenvalue weighted by Crippen LogP contribution is 2.25. The standard InChI is InChI=1S/C21H34O2/c1-17-18(12-8-14-20(2,3)4)10-7-11-19(17)13-9-15-21(5,6)23-16-22/h7,10-11,16H,8-9,12-15H2,1-6H3. The molecule has 2 nitrogen and oxygen atoms in total. The van der Waals surface area contributed by atoms with Gasteiger partial charge in [-0.3, -0.25) is 4.79 Å². The zero-order chi connectivity index (χ0) is 17.5. The van der Waals surface area contributed by atoms with Crippen molar-refractivity contribution in [1.82, 2.24) is 0 Å². The number of aryl methyl sites for hydroxylation is 2. The number of rotatable bonds is 9. The van der Waals surface area contributed by atoms with Crippen LogP contribution in [0, 0.1) is 12.3 Å². The molecule has 0 aromatic heterocycles. The molecule has 0 heterocycles. The van der Waals surface area contributed by atoms with E-state index < -0.39 is 0 Å². The SMILES string of the molecule is Cc1c(CCCC(C)(C)C)cccc1CCCC(C)(C)OC=O. The molecular weight excluding hydrogens is 284 g/mol. The van der Waals surface area contributed by atoms with Gasteiger partial charge in [-0.05, 0) is 81.4 Å². The van der Waals surface area contributed by atoms with E-state index in [1.807, 2.05) is 13.8 Å². The Morgan fingerprint density at radius 2 is 1.48 bits per heavy atom. The van der Waals surface area contributed by atoms with E-state index in [1.54, 1.807) is 0 Å². The Morgan fingerprint density at radius 3 is 1.96 bits per heavy atom. The van der Waals surface area contributed by atoms with Gasteiger partial charge in [0.05, 0.1) is 0 Å². The van der Waals surface area contributed by atoms with Crippen molar-refractivity contribution < 1.29 is 9.53 Å². The van der Waals surface area contributed by atoms with Crippen molar-refractivity contribution in [2.75, 3.05) is 0 Å². The van der Waals surface area contributed by atoms with Crippen molar-refractivity contribution in [3.8, 4) is 0 Å². The molecule has 0 aliphatic rings. The summed E-state index contributed by atoms with van der Waals surface area (Å²) in [5.41, 5.74) is 4.40. The fourth-order valence-corrected chi connectivity index (χ4v) is 2.98. The number of carbonyl (C=O) groups excluding carboxylic acids is 1. The molecule has 1 rings (SSSR count). The zero-order valence-corrected chi connectivity index (χ0v) is 15.9. The second-order valence-electron chi connectivity index (χ2n) is 8.44. The average molecular weight is 319 g/mol. The average Bonchev–Trinajstić information content (AvgIpc) is 2.41. The molecule has 0 radical (unpaired) electrons. The fourth-order valence-electron chi connectivity index (χ4n) is 2.98. The lowest BCUT2D eigenvalue weighted by molar-refractivity contribution is -0.140. The normalized spacial score (nSPS) is 12.3. The van der Waals surface area contributed by atoms with Crippen molar-refractivity contribution in [2.45, 2.75) is 85.7 Å². The molecule has 0 N–H and O–H groups in total. The van der Waals surface area contributed by atoms with Crippen LogP contribution in [-0.4, -0.2) is 12.1 Å². The molecule has 0 bridgehead atoms. The molecule has 1 aromatic carbocycles. The van der Waals surface area contributed by atoms with Gasteiger partial charge in [0.25, 0.3) is 6.47 Å². The van der Waals surface area contributed by atoms with Crippen LogP contribution in [0.5, 0.6) is 0 Å². The predicted molar refractivity (Wildman–Crippen MR) is 97.7 cm³/mol. The highest BCUT2D eigenvalue weighted by atomic mass is 16.5. The number of hydrogen-bond donors (Lipinski definition) is 0. The summed E-state index contributed by atoms with van der Waals surface area (Å²) in [5.74, 6) is 0. The van der Waals surface area contributed by atoms with Crippen molar-refractivity contribution in [1.29, 1.82) is 0 Å². The third kappa shape index (κ3) is 7.67. The highest BCUT2D eigenvalue weighted by molar-refractivity contribution is 5.38. The van der Waals surface area contributed by atoms with Crippen LogP contribution in [-0.2, 0) is 22.4 Å². The second kappa shape index (κ2) is 8.52. The number of hydrogen-bond acceptors (Lipinski definition) is 2. The fraction of sp³-hybridized carbons (Fsp3) is 0.667. The first-order valence-electron chi connectivity index (χ1n) is 8.83. The van der Waals surface area contributed by atoms with Gasteiger partial charge < -0.3 is 4.74 Å². The van der Waals surface area contributed by atoms with Gasteiger partial charge in [0.15, 0.2) is 0 Å². The molecule has 0 aliphatic carbocycles. The summed E-state index contributed by atoms with van der Waals surface area (Å²) >= 11 is 0. The van der Waals surface area contributed by atoms with Crippen LogP contribution in [0.4, 0.5) is 0 Å². The van der Waals surface area contributed by atoms with E-state index >= 15 is 0 Å². The van der Waals surface area contributed by atoms with Crippen molar-refractivity contribution in [3.63, 3.8) is 0 Å². The van der Waals surface area contributed by atoms with Gasteiger partial charge in [0, 0.05) is 0 Å². The molecule has 2 heteroatoms. The van der Waals surface area contributed by atoms with Gasteiger partial charge in [-0.15, -0.1) is 0 Å². The van der Waals surface area contributed by atoms with E-state index in [9.17, 15) is 4.79 Å².